The topological polar surface area (TPSA) is 92.3 Å². The summed E-state index contributed by atoms with van der Waals surface area (Å²) in [6.07, 6.45) is 4.45. The normalized spacial score (nSPS) is 15.9. The van der Waals surface area contributed by atoms with Gasteiger partial charge >= 0.3 is 0 Å². The summed E-state index contributed by atoms with van der Waals surface area (Å²) in [4.78, 5) is 28.7. The fraction of sp³-hybridized carbons (Fsp3) is 0.360. The van der Waals surface area contributed by atoms with E-state index in [0.29, 0.717) is 17.8 Å². The Morgan fingerprint density at radius 2 is 2.12 bits per heavy atom. The highest BCUT2D eigenvalue weighted by Gasteiger charge is 2.27. The van der Waals surface area contributed by atoms with E-state index in [4.69, 9.17) is 9.72 Å². The molecule has 2 N–H and O–H groups in total. The van der Waals surface area contributed by atoms with Gasteiger partial charge in [-0.15, -0.1) is 0 Å². The molecule has 2 aromatic heterocycles. The first-order valence-electron chi connectivity index (χ1n) is 11.2. The van der Waals surface area contributed by atoms with Crippen molar-refractivity contribution in [3.63, 3.8) is 0 Å². The van der Waals surface area contributed by atoms with Gasteiger partial charge in [0.15, 0.2) is 0 Å². The van der Waals surface area contributed by atoms with E-state index < -0.39 is 0 Å². The number of ether oxygens (including phenoxy) is 1. The number of aromatic nitrogens is 3. The summed E-state index contributed by atoms with van der Waals surface area (Å²) in [5.41, 5.74) is 3.36. The number of hydrogen-bond acceptors (Lipinski definition) is 7. The van der Waals surface area contributed by atoms with Gasteiger partial charge in [-0.05, 0) is 43.7 Å². The number of hydrogen-bond donors (Lipinski definition) is 2. The molecule has 0 saturated carbocycles. The first-order valence-corrected chi connectivity index (χ1v) is 11.2. The van der Waals surface area contributed by atoms with Crippen LogP contribution in [0.1, 0.15) is 45.3 Å². The van der Waals surface area contributed by atoms with Crippen molar-refractivity contribution < 1.29 is 9.53 Å². The van der Waals surface area contributed by atoms with Crippen molar-refractivity contribution in [1.29, 1.82) is 0 Å². The predicted octanol–water partition coefficient (Wildman–Crippen LogP) is 3.15. The summed E-state index contributed by atoms with van der Waals surface area (Å²) in [5.74, 6) is 2.57. The molecule has 0 radical (unpaired) electrons. The molecule has 1 aromatic carbocycles. The van der Waals surface area contributed by atoms with E-state index in [-0.39, 0.29) is 11.8 Å². The first-order chi connectivity index (χ1) is 16.1. The number of likely N-dealkylation sites (tertiary alicyclic amines) is 1. The van der Waals surface area contributed by atoms with Gasteiger partial charge < -0.3 is 15.4 Å². The van der Waals surface area contributed by atoms with Crippen LogP contribution in [0.4, 0.5) is 5.82 Å². The Kier molecular flexibility index (Phi) is 7.14. The van der Waals surface area contributed by atoms with Crippen LogP contribution in [-0.2, 0) is 13.1 Å². The van der Waals surface area contributed by atoms with Crippen LogP contribution in [0.2, 0.25) is 0 Å². The second-order valence-electron chi connectivity index (χ2n) is 8.24. The molecule has 1 atom stereocenters. The van der Waals surface area contributed by atoms with Crippen LogP contribution >= 0.6 is 0 Å². The predicted molar refractivity (Wildman–Crippen MR) is 127 cm³/mol. The van der Waals surface area contributed by atoms with Crippen LogP contribution in [0.3, 0.4) is 0 Å². The number of carbonyl (C=O) groups is 1. The number of methoxy groups -OCH3 is 1. The lowest BCUT2D eigenvalue weighted by molar-refractivity contribution is 0.0949. The van der Waals surface area contributed by atoms with E-state index in [9.17, 15) is 4.79 Å². The molecule has 1 saturated heterocycles. The van der Waals surface area contributed by atoms with Gasteiger partial charge in [0, 0.05) is 50.6 Å². The SMILES string of the molecule is CNc1ncccc1CN1CC[C@H](c2ncc(C(=O)NCc3cccc(OC)c3)c(C)n2)C1. The van der Waals surface area contributed by atoms with E-state index in [1.807, 2.05) is 44.3 Å². The molecular formula is C25H30N6O2. The number of aryl methyl sites for hydroxylation is 1. The van der Waals surface area contributed by atoms with Gasteiger partial charge in [-0.1, -0.05) is 18.2 Å². The number of benzene rings is 1. The van der Waals surface area contributed by atoms with Crippen molar-refractivity contribution in [1.82, 2.24) is 25.2 Å². The van der Waals surface area contributed by atoms with Gasteiger partial charge in [0.25, 0.3) is 5.91 Å². The zero-order valence-electron chi connectivity index (χ0n) is 19.3. The van der Waals surface area contributed by atoms with Crippen molar-refractivity contribution in [3.8, 4) is 5.75 Å². The Balaban J connectivity index is 1.36. The van der Waals surface area contributed by atoms with E-state index in [1.165, 1.54) is 5.56 Å². The maximum Gasteiger partial charge on any atom is 0.254 e. The second kappa shape index (κ2) is 10.4. The summed E-state index contributed by atoms with van der Waals surface area (Å²) in [7, 11) is 3.52. The molecule has 1 amide bonds. The maximum atomic E-state index is 12.7. The minimum atomic E-state index is -0.175. The fourth-order valence-corrected chi connectivity index (χ4v) is 4.18. The molecule has 0 spiro atoms. The molecule has 0 unspecified atom stereocenters. The van der Waals surface area contributed by atoms with Gasteiger partial charge in [0.1, 0.15) is 17.4 Å². The van der Waals surface area contributed by atoms with Crippen molar-refractivity contribution >= 4 is 11.7 Å². The van der Waals surface area contributed by atoms with Crippen LogP contribution in [0.15, 0.2) is 48.8 Å². The molecule has 33 heavy (non-hydrogen) atoms. The molecule has 0 bridgehead atoms. The molecular weight excluding hydrogens is 416 g/mol. The summed E-state index contributed by atoms with van der Waals surface area (Å²) in [6.45, 7) is 4.99. The molecule has 172 valence electrons. The highest BCUT2D eigenvalue weighted by molar-refractivity contribution is 5.94. The number of amides is 1. The third-order valence-corrected chi connectivity index (χ3v) is 5.99. The zero-order valence-corrected chi connectivity index (χ0v) is 19.3. The van der Waals surface area contributed by atoms with E-state index in [0.717, 1.165) is 49.0 Å². The molecule has 4 rings (SSSR count). The quantitative estimate of drug-likeness (QED) is 0.549. The summed E-state index contributed by atoms with van der Waals surface area (Å²) >= 11 is 0. The van der Waals surface area contributed by atoms with Crippen molar-refractivity contribution in [2.24, 2.45) is 0 Å². The van der Waals surface area contributed by atoms with Crippen LogP contribution in [-0.4, -0.2) is 53.0 Å². The number of nitrogens with one attached hydrogen (secondary N) is 2. The van der Waals surface area contributed by atoms with Crippen molar-refractivity contribution in [2.75, 3.05) is 32.6 Å². The maximum absolute atomic E-state index is 12.7. The van der Waals surface area contributed by atoms with Crippen LogP contribution in [0.25, 0.3) is 0 Å². The third-order valence-electron chi connectivity index (χ3n) is 5.99. The highest BCUT2D eigenvalue weighted by Crippen LogP contribution is 2.27. The Labute approximate surface area is 194 Å². The molecule has 8 nitrogen and oxygen atoms in total. The molecule has 8 heteroatoms. The molecule has 3 heterocycles. The fourth-order valence-electron chi connectivity index (χ4n) is 4.18. The Bertz CT molecular complexity index is 1120. The molecule has 1 aliphatic heterocycles. The van der Waals surface area contributed by atoms with E-state index in [2.05, 4.69) is 31.6 Å². The smallest absolute Gasteiger partial charge is 0.254 e. The number of nitrogens with zero attached hydrogens (tertiary/aromatic N) is 4. The monoisotopic (exact) mass is 446 g/mol. The number of rotatable bonds is 8. The molecule has 1 aliphatic rings. The van der Waals surface area contributed by atoms with E-state index >= 15 is 0 Å². The standard InChI is InChI=1S/C25H30N6O2/c1-17-22(25(32)29-13-18-6-4-8-21(12-18)33-3)14-28-24(30-17)20-9-11-31(16-20)15-19-7-5-10-27-23(19)26-2/h4-8,10,12,14,20H,9,11,13,15-16H2,1-3H3,(H,26,27)(H,29,32)/t20-/m0/s1. The van der Waals surface area contributed by atoms with Crippen LogP contribution in [0, 0.1) is 6.92 Å². The van der Waals surface area contributed by atoms with Crippen LogP contribution in [0.5, 0.6) is 5.75 Å². The van der Waals surface area contributed by atoms with Gasteiger partial charge in [-0.25, -0.2) is 15.0 Å². The van der Waals surface area contributed by atoms with E-state index in [1.54, 1.807) is 19.5 Å². The molecule has 0 aliphatic carbocycles. The largest absolute Gasteiger partial charge is 0.497 e. The average Bonchev–Trinajstić information content (AvgIpc) is 3.31. The Morgan fingerprint density at radius 1 is 1.24 bits per heavy atom. The van der Waals surface area contributed by atoms with Gasteiger partial charge in [0.05, 0.1) is 18.4 Å². The lowest BCUT2D eigenvalue weighted by Gasteiger charge is -2.17. The summed E-state index contributed by atoms with van der Waals surface area (Å²) in [6, 6.07) is 11.7. The summed E-state index contributed by atoms with van der Waals surface area (Å²) < 4.78 is 5.24. The van der Waals surface area contributed by atoms with Gasteiger partial charge in [0.2, 0.25) is 0 Å². The third kappa shape index (κ3) is 5.46. The number of carbonyl (C=O) groups excluding carboxylic acids is 1. The average molecular weight is 447 g/mol. The highest BCUT2D eigenvalue weighted by atomic mass is 16.5. The lowest BCUT2D eigenvalue weighted by atomic mass is 10.1. The molecule has 1 fully saturated rings. The van der Waals surface area contributed by atoms with Gasteiger partial charge in [-0.3, -0.25) is 9.69 Å². The summed E-state index contributed by atoms with van der Waals surface area (Å²) in [5, 5.41) is 6.10. The Morgan fingerprint density at radius 3 is 2.91 bits per heavy atom. The first kappa shape index (κ1) is 22.7. The van der Waals surface area contributed by atoms with Crippen LogP contribution < -0.4 is 15.4 Å². The number of pyridine rings is 1. The molecule has 3 aromatic rings. The Hall–Kier alpha value is -3.52. The minimum absolute atomic E-state index is 0.175. The van der Waals surface area contributed by atoms with Crippen molar-refractivity contribution in [2.45, 2.75) is 32.4 Å². The zero-order chi connectivity index (χ0) is 23.2. The number of anilines is 1. The minimum Gasteiger partial charge on any atom is -0.497 e. The lowest BCUT2D eigenvalue weighted by Crippen LogP contribution is -2.25. The van der Waals surface area contributed by atoms with Crippen molar-refractivity contribution in [3.05, 3.63) is 77.0 Å². The van der Waals surface area contributed by atoms with Gasteiger partial charge in [-0.2, -0.15) is 0 Å². The second-order valence-corrected chi connectivity index (χ2v) is 8.24.